The third-order valence-electron chi connectivity index (χ3n) is 2.02. The van der Waals surface area contributed by atoms with Crippen molar-refractivity contribution in [3.8, 4) is 0 Å². The molecule has 4 nitrogen and oxygen atoms in total. The Morgan fingerprint density at radius 3 is 3.07 bits per heavy atom. The monoisotopic (exact) mass is 223 g/mol. The Kier molecular flexibility index (Phi) is 2.83. The average Bonchev–Trinajstić information content (AvgIpc) is 2.55. The molecule has 0 aliphatic rings. The molecule has 0 aliphatic carbocycles. The smallest absolute Gasteiger partial charge is 0.138 e. The number of nitrogens with zero attached hydrogens (tertiary/aromatic N) is 2. The summed E-state index contributed by atoms with van der Waals surface area (Å²) in [6, 6.07) is 2.06. The summed E-state index contributed by atoms with van der Waals surface area (Å²) < 4.78 is 0. The van der Waals surface area contributed by atoms with Crippen LogP contribution in [0.25, 0.3) is 10.2 Å². The predicted octanol–water partition coefficient (Wildman–Crippen LogP) is 1.79. The number of thiophene rings is 1. The molecule has 80 valence electrons. The average molecular weight is 223 g/mol. The van der Waals surface area contributed by atoms with Gasteiger partial charge in [0, 0.05) is 11.4 Å². The Morgan fingerprint density at radius 2 is 2.33 bits per heavy atom. The Hall–Kier alpha value is -1.20. The maximum atomic E-state index is 9.19. The number of hydrogen-bond donors (Lipinski definition) is 2. The van der Waals surface area contributed by atoms with Crippen LogP contribution in [0.15, 0.2) is 12.4 Å². The lowest BCUT2D eigenvalue weighted by atomic mass is 10.3. The second kappa shape index (κ2) is 4.12. The van der Waals surface area contributed by atoms with Gasteiger partial charge in [-0.05, 0) is 19.9 Å². The lowest BCUT2D eigenvalue weighted by Crippen LogP contribution is -2.16. The van der Waals surface area contributed by atoms with Crippen molar-refractivity contribution in [2.75, 3.05) is 11.9 Å². The van der Waals surface area contributed by atoms with E-state index in [4.69, 9.17) is 0 Å². The van der Waals surface area contributed by atoms with Crippen LogP contribution in [-0.4, -0.2) is 27.7 Å². The minimum atomic E-state index is -0.380. The van der Waals surface area contributed by atoms with Crippen molar-refractivity contribution in [1.29, 1.82) is 0 Å². The van der Waals surface area contributed by atoms with Gasteiger partial charge in [-0.3, -0.25) is 0 Å². The highest BCUT2D eigenvalue weighted by Crippen LogP contribution is 2.27. The van der Waals surface area contributed by atoms with Crippen molar-refractivity contribution in [3.63, 3.8) is 0 Å². The molecule has 5 heteroatoms. The van der Waals surface area contributed by atoms with Crippen molar-refractivity contribution in [3.05, 3.63) is 17.3 Å². The normalized spacial score (nSPS) is 13.0. The third kappa shape index (κ3) is 2.24. The molecule has 2 N–H and O–H groups in total. The Bertz CT molecular complexity index is 467. The van der Waals surface area contributed by atoms with Crippen molar-refractivity contribution in [2.24, 2.45) is 0 Å². The van der Waals surface area contributed by atoms with Gasteiger partial charge in [-0.2, -0.15) is 0 Å². The highest BCUT2D eigenvalue weighted by molar-refractivity contribution is 7.18. The zero-order valence-electron chi connectivity index (χ0n) is 8.69. The number of nitrogens with one attached hydrogen (secondary N) is 1. The Morgan fingerprint density at radius 1 is 1.53 bits per heavy atom. The van der Waals surface area contributed by atoms with Crippen molar-refractivity contribution in [2.45, 2.75) is 20.0 Å². The maximum Gasteiger partial charge on any atom is 0.138 e. The van der Waals surface area contributed by atoms with Crippen molar-refractivity contribution in [1.82, 2.24) is 9.97 Å². The van der Waals surface area contributed by atoms with Crippen LogP contribution in [0.1, 0.15) is 11.8 Å². The molecule has 15 heavy (non-hydrogen) atoms. The molecule has 0 radical (unpaired) electrons. The number of aromatic nitrogens is 2. The highest BCUT2D eigenvalue weighted by Gasteiger charge is 2.06. The summed E-state index contributed by atoms with van der Waals surface area (Å²) in [5.74, 6) is 0.797. The number of hydrogen-bond acceptors (Lipinski definition) is 5. The topological polar surface area (TPSA) is 58.0 Å². The number of aliphatic hydroxyl groups is 1. The van der Waals surface area contributed by atoms with Crippen LogP contribution in [0.3, 0.4) is 0 Å². The van der Waals surface area contributed by atoms with E-state index < -0.39 is 0 Å². The first-order chi connectivity index (χ1) is 7.16. The summed E-state index contributed by atoms with van der Waals surface area (Å²) in [7, 11) is 0. The molecule has 0 saturated carbocycles. The summed E-state index contributed by atoms with van der Waals surface area (Å²) in [5.41, 5.74) is 0. The molecule has 2 rings (SSSR count). The van der Waals surface area contributed by atoms with E-state index in [2.05, 4.69) is 21.4 Å². The Balaban J connectivity index is 2.33. The lowest BCUT2D eigenvalue weighted by Gasteiger charge is -2.07. The summed E-state index contributed by atoms with van der Waals surface area (Å²) in [6.07, 6.45) is 1.16. The van der Waals surface area contributed by atoms with E-state index in [1.807, 2.05) is 6.92 Å². The number of aliphatic hydroxyl groups excluding tert-OH is 1. The summed E-state index contributed by atoms with van der Waals surface area (Å²) in [6.45, 7) is 4.29. The molecule has 0 amide bonds. The summed E-state index contributed by atoms with van der Waals surface area (Å²) in [4.78, 5) is 10.6. The molecule has 0 bridgehead atoms. The fraction of sp³-hybridized carbons (Fsp3) is 0.400. The number of rotatable bonds is 3. The molecule has 2 heterocycles. The second-order valence-electron chi connectivity index (χ2n) is 3.53. The summed E-state index contributed by atoms with van der Waals surface area (Å²) in [5, 5.41) is 13.3. The molecule has 0 unspecified atom stereocenters. The fourth-order valence-electron chi connectivity index (χ4n) is 1.36. The predicted molar refractivity (Wildman–Crippen MR) is 62.3 cm³/mol. The van der Waals surface area contributed by atoms with Gasteiger partial charge in [0.25, 0.3) is 0 Å². The molecule has 0 aliphatic heterocycles. The molecule has 2 aromatic heterocycles. The molecule has 0 spiro atoms. The van der Waals surface area contributed by atoms with Crippen LogP contribution in [0.4, 0.5) is 5.82 Å². The molecule has 0 saturated heterocycles. The number of fused-ring (bicyclic) bond motifs is 1. The van der Waals surface area contributed by atoms with Crippen molar-refractivity contribution < 1.29 is 5.11 Å². The quantitative estimate of drug-likeness (QED) is 0.833. The second-order valence-corrected chi connectivity index (χ2v) is 4.76. The first kappa shape index (κ1) is 10.3. The van der Waals surface area contributed by atoms with E-state index in [0.29, 0.717) is 6.54 Å². The number of aryl methyl sites for hydroxylation is 1. The van der Waals surface area contributed by atoms with Crippen molar-refractivity contribution >= 4 is 27.4 Å². The minimum absolute atomic E-state index is 0.380. The van der Waals surface area contributed by atoms with Gasteiger partial charge < -0.3 is 10.4 Å². The standard InChI is InChI=1S/C10H13N3OS/c1-6(14)4-11-9-8-3-7(2)15-10(8)13-5-12-9/h3,5-6,14H,4H2,1-2H3,(H,11,12,13)/t6-/m0/s1. The van der Waals surface area contributed by atoms with E-state index in [-0.39, 0.29) is 6.10 Å². The number of anilines is 1. The van der Waals surface area contributed by atoms with Crippen LogP contribution in [0.5, 0.6) is 0 Å². The lowest BCUT2D eigenvalue weighted by molar-refractivity contribution is 0.208. The Labute approximate surface area is 92.0 Å². The molecule has 2 aromatic rings. The van der Waals surface area contributed by atoms with Gasteiger partial charge in [0.15, 0.2) is 0 Å². The minimum Gasteiger partial charge on any atom is -0.392 e. The van der Waals surface area contributed by atoms with Crippen LogP contribution in [-0.2, 0) is 0 Å². The zero-order valence-corrected chi connectivity index (χ0v) is 9.51. The van der Waals surface area contributed by atoms with Gasteiger partial charge in [-0.1, -0.05) is 0 Å². The zero-order chi connectivity index (χ0) is 10.8. The van der Waals surface area contributed by atoms with Gasteiger partial charge in [0.1, 0.15) is 17.0 Å². The first-order valence-electron chi connectivity index (χ1n) is 4.80. The van der Waals surface area contributed by atoms with Gasteiger partial charge in [0.05, 0.1) is 11.5 Å². The van der Waals surface area contributed by atoms with Gasteiger partial charge >= 0.3 is 0 Å². The van der Waals surface area contributed by atoms with Crippen LogP contribution >= 0.6 is 11.3 Å². The van der Waals surface area contributed by atoms with E-state index >= 15 is 0 Å². The molecule has 0 aromatic carbocycles. The van der Waals surface area contributed by atoms with Crippen LogP contribution < -0.4 is 5.32 Å². The molecule has 1 atom stereocenters. The molecule has 0 fully saturated rings. The van der Waals surface area contributed by atoms with Gasteiger partial charge in [0.2, 0.25) is 0 Å². The van der Waals surface area contributed by atoms with E-state index in [9.17, 15) is 5.11 Å². The molecular weight excluding hydrogens is 210 g/mol. The maximum absolute atomic E-state index is 9.19. The van der Waals surface area contributed by atoms with E-state index in [0.717, 1.165) is 16.0 Å². The van der Waals surface area contributed by atoms with Crippen LogP contribution in [0, 0.1) is 6.92 Å². The van der Waals surface area contributed by atoms with E-state index in [1.54, 1.807) is 24.6 Å². The third-order valence-corrected chi connectivity index (χ3v) is 2.98. The molecular formula is C10H13N3OS. The van der Waals surface area contributed by atoms with Gasteiger partial charge in [-0.25, -0.2) is 9.97 Å². The fourth-order valence-corrected chi connectivity index (χ4v) is 2.21. The van der Waals surface area contributed by atoms with E-state index in [1.165, 1.54) is 4.88 Å². The van der Waals surface area contributed by atoms with Gasteiger partial charge in [-0.15, -0.1) is 11.3 Å². The SMILES string of the molecule is Cc1cc2c(NC[C@H](C)O)ncnc2s1. The summed E-state index contributed by atoms with van der Waals surface area (Å²) >= 11 is 1.65. The largest absolute Gasteiger partial charge is 0.392 e. The highest BCUT2D eigenvalue weighted by atomic mass is 32.1. The first-order valence-corrected chi connectivity index (χ1v) is 5.61. The van der Waals surface area contributed by atoms with Crippen LogP contribution in [0.2, 0.25) is 0 Å².